The minimum absolute atomic E-state index is 0.222. The quantitative estimate of drug-likeness (QED) is 0.619. The van der Waals surface area contributed by atoms with Gasteiger partial charge in [0.1, 0.15) is 5.01 Å². The summed E-state index contributed by atoms with van der Waals surface area (Å²) in [6.45, 7) is 0. The Morgan fingerprint density at radius 1 is 1.82 bits per heavy atom. The summed E-state index contributed by atoms with van der Waals surface area (Å²) in [4.78, 5) is 10.6. The summed E-state index contributed by atoms with van der Waals surface area (Å²) in [6, 6.07) is 0. The third-order valence-electron chi connectivity index (χ3n) is 1.14. The van der Waals surface area contributed by atoms with Crippen molar-refractivity contribution in [3.05, 3.63) is 10.5 Å². The van der Waals surface area contributed by atoms with Crippen molar-refractivity contribution in [1.29, 1.82) is 0 Å². The van der Waals surface area contributed by atoms with E-state index in [1.807, 2.05) is 0 Å². The van der Waals surface area contributed by atoms with Gasteiger partial charge in [-0.25, -0.2) is 0 Å². The van der Waals surface area contributed by atoms with Crippen LogP contribution in [0.2, 0.25) is 0 Å². The molecule has 0 bridgehead atoms. The highest BCUT2D eigenvalue weighted by Crippen LogP contribution is 2.03. The number of rotatable bonds is 3. The number of hydrogen-bond donors (Lipinski definition) is 0. The van der Waals surface area contributed by atoms with Crippen LogP contribution in [-0.2, 0) is 16.0 Å². The van der Waals surface area contributed by atoms with E-state index in [1.54, 1.807) is 0 Å². The first-order chi connectivity index (χ1) is 5.33. The average molecular weight is 171 g/mol. The molecule has 1 aromatic rings. The van der Waals surface area contributed by atoms with Crippen LogP contribution in [0.3, 0.4) is 0 Å². The molecule has 5 heteroatoms. The average Bonchev–Trinajstić information content (AvgIpc) is 2.52. The van der Waals surface area contributed by atoms with Crippen LogP contribution in [-0.4, -0.2) is 23.3 Å². The molecule has 59 valence electrons. The zero-order chi connectivity index (χ0) is 8.10. The number of methoxy groups -OCH3 is 1. The lowest BCUT2D eigenvalue weighted by molar-refractivity contribution is -0.140. The Morgan fingerprint density at radius 2 is 2.64 bits per heavy atom. The molecular formula is C6H7N2O2S. The number of aromatic nitrogens is 2. The van der Waals surface area contributed by atoms with Crippen LogP contribution in [0.4, 0.5) is 0 Å². The first-order valence-electron chi connectivity index (χ1n) is 3.08. The lowest BCUT2D eigenvalue weighted by Gasteiger charge is -1.93. The molecule has 1 aromatic heterocycles. The number of hydrogen-bond acceptors (Lipinski definition) is 5. The smallest absolute Gasteiger partial charge is 0.305 e. The summed E-state index contributed by atoms with van der Waals surface area (Å²) in [7, 11) is 1.37. The van der Waals surface area contributed by atoms with Crippen LogP contribution in [0.15, 0.2) is 0 Å². The number of carbonyl (C=O) groups is 1. The molecule has 0 amide bonds. The van der Waals surface area contributed by atoms with Crippen molar-refractivity contribution in [2.75, 3.05) is 7.11 Å². The fourth-order valence-corrected chi connectivity index (χ4v) is 1.05. The second kappa shape index (κ2) is 4.02. The van der Waals surface area contributed by atoms with E-state index in [4.69, 9.17) is 0 Å². The monoisotopic (exact) mass is 171 g/mol. The predicted octanol–water partition coefficient (Wildman–Crippen LogP) is 0.444. The molecule has 0 atom stereocenters. The molecule has 0 aromatic carbocycles. The number of ether oxygens (including phenoxy) is 1. The van der Waals surface area contributed by atoms with Gasteiger partial charge in [0, 0.05) is 6.42 Å². The molecule has 0 aliphatic heterocycles. The zero-order valence-electron chi connectivity index (χ0n) is 6.03. The minimum atomic E-state index is -0.222. The highest BCUT2D eigenvalue weighted by molar-refractivity contribution is 7.08. The summed E-state index contributed by atoms with van der Waals surface area (Å²) >= 11 is 1.32. The van der Waals surface area contributed by atoms with E-state index in [-0.39, 0.29) is 5.97 Å². The van der Waals surface area contributed by atoms with E-state index in [0.717, 1.165) is 5.01 Å². The standard InChI is InChI=1S/C6H7N2O2S/c1-10-6(9)3-2-5-8-7-4-11-5/h2-3H2,1H3. The number of esters is 1. The van der Waals surface area contributed by atoms with Crippen LogP contribution in [0.1, 0.15) is 11.4 Å². The van der Waals surface area contributed by atoms with Crippen LogP contribution < -0.4 is 0 Å². The van der Waals surface area contributed by atoms with Gasteiger partial charge in [0.15, 0.2) is 5.51 Å². The highest BCUT2D eigenvalue weighted by atomic mass is 32.1. The molecule has 0 saturated heterocycles. The van der Waals surface area contributed by atoms with Gasteiger partial charge < -0.3 is 4.74 Å². The second-order valence-corrected chi connectivity index (χ2v) is 2.72. The summed E-state index contributed by atoms with van der Waals surface area (Å²) in [5.74, 6) is -0.222. The van der Waals surface area contributed by atoms with Crippen molar-refractivity contribution >= 4 is 17.3 Å². The lowest BCUT2D eigenvalue weighted by Crippen LogP contribution is -2.01. The van der Waals surface area contributed by atoms with Crippen LogP contribution in [0.5, 0.6) is 0 Å². The van der Waals surface area contributed by atoms with Crippen LogP contribution >= 0.6 is 11.3 Å². The molecule has 1 rings (SSSR count). The second-order valence-electron chi connectivity index (χ2n) is 1.86. The minimum Gasteiger partial charge on any atom is -0.469 e. The van der Waals surface area contributed by atoms with Gasteiger partial charge in [-0.3, -0.25) is 4.79 Å². The number of nitrogens with zero attached hydrogens (tertiary/aromatic N) is 2. The van der Waals surface area contributed by atoms with Gasteiger partial charge in [-0.05, 0) is 0 Å². The fraction of sp³-hybridized carbons (Fsp3) is 0.500. The van der Waals surface area contributed by atoms with Gasteiger partial charge in [0.2, 0.25) is 0 Å². The number of carbonyl (C=O) groups excluding carboxylic acids is 1. The molecule has 11 heavy (non-hydrogen) atoms. The van der Waals surface area contributed by atoms with E-state index < -0.39 is 0 Å². The maximum Gasteiger partial charge on any atom is 0.305 e. The van der Waals surface area contributed by atoms with Crippen LogP contribution in [0.25, 0.3) is 0 Å². The Bertz CT molecular complexity index is 222. The Morgan fingerprint density at radius 3 is 3.18 bits per heavy atom. The third kappa shape index (κ3) is 2.63. The summed E-state index contributed by atoms with van der Waals surface area (Å²) < 4.78 is 4.46. The van der Waals surface area contributed by atoms with E-state index in [9.17, 15) is 4.79 Å². The fourth-order valence-electron chi connectivity index (χ4n) is 0.582. The van der Waals surface area contributed by atoms with Gasteiger partial charge in [-0.2, -0.15) is 0 Å². The number of aryl methyl sites for hydroxylation is 1. The zero-order valence-corrected chi connectivity index (χ0v) is 6.85. The van der Waals surface area contributed by atoms with Gasteiger partial charge in [-0.1, -0.05) is 11.3 Å². The highest BCUT2D eigenvalue weighted by Gasteiger charge is 2.02. The van der Waals surface area contributed by atoms with E-state index in [1.165, 1.54) is 18.4 Å². The lowest BCUT2D eigenvalue weighted by atomic mass is 10.3. The third-order valence-corrected chi connectivity index (χ3v) is 1.83. The Kier molecular flexibility index (Phi) is 2.97. The molecule has 0 spiro atoms. The van der Waals surface area contributed by atoms with Gasteiger partial charge in [0.25, 0.3) is 0 Å². The molecule has 1 heterocycles. The maximum atomic E-state index is 10.6. The molecule has 0 aliphatic carbocycles. The summed E-state index contributed by atoms with van der Waals surface area (Å²) in [5, 5.41) is 8.06. The Labute approximate surface area is 68.2 Å². The summed E-state index contributed by atoms with van der Waals surface area (Å²) in [5.41, 5.74) is 2.60. The van der Waals surface area contributed by atoms with E-state index in [2.05, 4.69) is 20.4 Å². The molecule has 0 N–H and O–H groups in total. The van der Waals surface area contributed by atoms with Crippen molar-refractivity contribution in [2.45, 2.75) is 12.8 Å². The Balaban J connectivity index is 2.29. The normalized spacial score (nSPS) is 9.55. The SMILES string of the molecule is COC(=O)CCc1nn[c]s1. The Hall–Kier alpha value is -0.970. The van der Waals surface area contributed by atoms with E-state index in [0.29, 0.717) is 12.8 Å². The maximum absolute atomic E-state index is 10.6. The molecule has 0 aliphatic rings. The van der Waals surface area contributed by atoms with E-state index >= 15 is 0 Å². The topological polar surface area (TPSA) is 52.1 Å². The molecule has 1 radical (unpaired) electrons. The molecule has 0 fully saturated rings. The molecule has 0 saturated carbocycles. The van der Waals surface area contributed by atoms with Gasteiger partial charge in [-0.15, -0.1) is 10.2 Å². The van der Waals surface area contributed by atoms with Gasteiger partial charge >= 0.3 is 5.97 Å². The van der Waals surface area contributed by atoms with Crippen LogP contribution in [0, 0.1) is 5.51 Å². The summed E-state index contributed by atoms with van der Waals surface area (Å²) in [6.07, 6.45) is 0.952. The first-order valence-corrected chi connectivity index (χ1v) is 3.90. The van der Waals surface area contributed by atoms with Gasteiger partial charge in [0.05, 0.1) is 13.5 Å². The van der Waals surface area contributed by atoms with Crippen molar-refractivity contribution in [3.63, 3.8) is 0 Å². The van der Waals surface area contributed by atoms with Crippen molar-refractivity contribution < 1.29 is 9.53 Å². The molecular weight excluding hydrogens is 164 g/mol. The van der Waals surface area contributed by atoms with Crippen molar-refractivity contribution in [2.24, 2.45) is 0 Å². The predicted molar refractivity (Wildman–Crippen MR) is 39.1 cm³/mol. The molecule has 0 unspecified atom stereocenters. The van der Waals surface area contributed by atoms with Crippen molar-refractivity contribution in [1.82, 2.24) is 10.2 Å². The molecule has 4 nitrogen and oxygen atoms in total. The largest absolute Gasteiger partial charge is 0.469 e. The first kappa shape index (κ1) is 8.13. The van der Waals surface area contributed by atoms with Crippen molar-refractivity contribution in [3.8, 4) is 0 Å².